The Morgan fingerprint density at radius 2 is 1.83 bits per heavy atom. The number of halogens is 2. The van der Waals surface area contributed by atoms with Gasteiger partial charge in [0.1, 0.15) is 11.9 Å². The third-order valence-corrected chi connectivity index (χ3v) is 5.85. The number of rotatable bonds is 3. The minimum Gasteiger partial charge on any atom is -0.460 e. The van der Waals surface area contributed by atoms with Crippen LogP contribution in [0.4, 0.5) is 4.39 Å². The lowest BCUT2D eigenvalue weighted by atomic mass is 9.64. The van der Waals surface area contributed by atoms with Gasteiger partial charge in [-0.1, -0.05) is 18.6 Å². The van der Waals surface area contributed by atoms with Crippen molar-refractivity contribution in [1.29, 1.82) is 0 Å². The molecule has 3 heterocycles. The smallest absolute Gasteiger partial charge is 0.316 e. The van der Waals surface area contributed by atoms with Gasteiger partial charge < -0.3 is 4.74 Å². The number of hydrogen-bond acceptors (Lipinski definition) is 3. The fourth-order valence-corrected chi connectivity index (χ4v) is 4.20. The highest BCUT2D eigenvalue weighted by Gasteiger charge is 2.49. The molecule has 0 N–H and O–H groups in total. The van der Waals surface area contributed by atoms with Crippen molar-refractivity contribution in [3.63, 3.8) is 0 Å². The standard InChI is InChI=1S/C18H22FNO2.ClH/c19-15-4-2-14(3-5-15)18(8-1-9-18)17(21)22-16-12-20-10-6-13(16)7-11-20;/h2-5,13,16H,1,6-12H2;1H. The summed E-state index contributed by atoms with van der Waals surface area (Å²) in [5.41, 5.74) is 0.381. The molecule has 1 saturated carbocycles. The lowest BCUT2D eigenvalue weighted by Crippen LogP contribution is -2.54. The zero-order valence-electron chi connectivity index (χ0n) is 13.2. The first kappa shape index (κ1) is 16.7. The minimum absolute atomic E-state index is 0. The highest BCUT2D eigenvalue weighted by Crippen LogP contribution is 2.45. The number of benzene rings is 1. The van der Waals surface area contributed by atoms with Gasteiger partial charge in [0, 0.05) is 6.54 Å². The number of nitrogens with zero attached hydrogens (tertiary/aromatic N) is 1. The van der Waals surface area contributed by atoms with Gasteiger partial charge in [-0.2, -0.15) is 0 Å². The molecule has 0 aromatic heterocycles. The zero-order chi connectivity index (χ0) is 15.2. The molecular formula is C18H23ClFNO2. The average Bonchev–Trinajstić information content (AvgIpc) is 2.49. The Morgan fingerprint density at radius 1 is 1.17 bits per heavy atom. The first-order chi connectivity index (χ1) is 10.7. The van der Waals surface area contributed by atoms with Crippen LogP contribution < -0.4 is 0 Å². The van der Waals surface area contributed by atoms with Gasteiger partial charge in [0.15, 0.2) is 0 Å². The Kier molecular flexibility index (Phi) is 4.65. The quantitative estimate of drug-likeness (QED) is 0.791. The summed E-state index contributed by atoms with van der Waals surface area (Å²) in [4.78, 5) is 15.2. The van der Waals surface area contributed by atoms with Crippen LogP contribution >= 0.6 is 12.4 Å². The lowest BCUT2D eigenvalue weighted by Gasteiger charge is -2.46. The molecule has 1 aromatic rings. The second-order valence-corrected chi connectivity index (χ2v) is 7.02. The van der Waals surface area contributed by atoms with Crippen molar-refractivity contribution in [1.82, 2.24) is 4.90 Å². The average molecular weight is 340 g/mol. The number of carbonyl (C=O) groups is 1. The third kappa shape index (κ3) is 2.87. The van der Waals surface area contributed by atoms with E-state index in [4.69, 9.17) is 4.74 Å². The second-order valence-electron chi connectivity index (χ2n) is 7.02. The predicted octanol–water partition coefficient (Wildman–Crippen LogP) is 3.31. The summed E-state index contributed by atoms with van der Waals surface area (Å²) in [5.74, 6) is 0.174. The summed E-state index contributed by atoms with van der Waals surface area (Å²) < 4.78 is 19.1. The van der Waals surface area contributed by atoms with Crippen molar-refractivity contribution in [3.8, 4) is 0 Å². The van der Waals surface area contributed by atoms with Gasteiger partial charge in [-0.15, -0.1) is 12.4 Å². The highest BCUT2D eigenvalue weighted by atomic mass is 35.5. The zero-order valence-corrected chi connectivity index (χ0v) is 14.0. The molecule has 4 fully saturated rings. The van der Waals surface area contributed by atoms with Gasteiger partial charge in [-0.3, -0.25) is 9.69 Å². The van der Waals surface area contributed by atoms with Crippen molar-refractivity contribution in [2.75, 3.05) is 19.6 Å². The van der Waals surface area contributed by atoms with Crippen LogP contribution in [0, 0.1) is 11.7 Å². The summed E-state index contributed by atoms with van der Waals surface area (Å²) in [7, 11) is 0. The van der Waals surface area contributed by atoms with E-state index >= 15 is 0 Å². The molecule has 5 heteroatoms. The number of hydrogen-bond donors (Lipinski definition) is 0. The maximum atomic E-state index is 13.2. The Bertz CT molecular complexity index is 565. The molecule has 0 amide bonds. The minimum atomic E-state index is -0.528. The Hall–Kier alpha value is -1.13. The Labute approximate surface area is 142 Å². The van der Waals surface area contributed by atoms with Gasteiger partial charge in [-0.25, -0.2) is 4.39 Å². The summed E-state index contributed by atoms with van der Waals surface area (Å²) in [6.45, 7) is 3.17. The molecular weight excluding hydrogens is 317 g/mol. The van der Waals surface area contributed by atoms with E-state index in [1.54, 1.807) is 12.1 Å². The molecule has 0 spiro atoms. The van der Waals surface area contributed by atoms with Crippen molar-refractivity contribution in [3.05, 3.63) is 35.6 Å². The largest absolute Gasteiger partial charge is 0.460 e. The van der Waals surface area contributed by atoms with Crippen LogP contribution in [-0.2, 0) is 14.9 Å². The molecule has 3 saturated heterocycles. The van der Waals surface area contributed by atoms with Gasteiger partial charge in [0.25, 0.3) is 0 Å². The third-order valence-electron chi connectivity index (χ3n) is 5.85. The van der Waals surface area contributed by atoms with E-state index in [1.807, 2.05) is 0 Å². The van der Waals surface area contributed by atoms with E-state index in [2.05, 4.69) is 4.90 Å². The lowest BCUT2D eigenvalue weighted by molar-refractivity contribution is -0.169. The van der Waals surface area contributed by atoms with Crippen molar-refractivity contribution < 1.29 is 13.9 Å². The molecule has 1 atom stereocenters. The number of carbonyl (C=O) groups excluding carboxylic acids is 1. The molecule has 3 nitrogen and oxygen atoms in total. The van der Waals surface area contributed by atoms with E-state index in [-0.39, 0.29) is 30.3 Å². The van der Waals surface area contributed by atoms with Gasteiger partial charge in [0.2, 0.25) is 0 Å². The van der Waals surface area contributed by atoms with Crippen molar-refractivity contribution in [2.45, 2.75) is 43.6 Å². The topological polar surface area (TPSA) is 29.5 Å². The van der Waals surface area contributed by atoms with E-state index in [0.717, 1.165) is 57.3 Å². The van der Waals surface area contributed by atoms with Crippen LogP contribution in [0.5, 0.6) is 0 Å². The molecule has 1 unspecified atom stereocenters. The normalized spacial score (nSPS) is 30.9. The molecule has 126 valence electrons. The summed E-state index contributed by atoms with van der Waals surface area (Å²) in [6, 6.07) is 6.37. The van der Waals surface area contributed by atoms with Crippen LogP contribution in [0.3, 0.4) is 0 Å². The first-order valence-corrected chi connectivity index (χ1v) is 8.37. The molecule has 1 aromatic carbocycles. The number of ether oxygens (including phenoxy) is 1. The molecule has 4 aliphatic rings. The van der Waals surface area contributed by atoms with Gasteiger partial charge in [0.05, 0.1) is 5.41 Å². The molecule has 3 aliphatic heterocycles. The van der Waals surface area contributed by atoms with E-state index < -0.39 is 5.41 Å². The summed E-state index contributed by atoms with van der Waals surface area (Å²) in [6.07, 6.45) is 5.00. The molecule has 2 bridgehead atoms. The Morgan fingerprint density at radius 3 is 2.30 bits per heavy atom. The van der Waals surface area contributed by atoms with Crippen LogP contribution in [0.1, 0.15) is 37.7 Å². The van der Waals surface area contributed by atoms with Crippen LogP contribution in [0.15, 0.2) is 24.3 Å². The summed E-state index contributed by atoms with van der Waals surface area (Å²) >= 11 is 0. The van der Waals surface area contributed by atoms with Crippen LogP contribution in [0.25, 0.3) is 0 Å². The number of esters is 1. The maximum Gasteiger partial charge on any atom is 0.316 e. The summed E-state index contributed by atoms with van der Waals surface area (Å²) in [5, 5.41) is 0. The number of piperidine rings is 3. The second kappa shape index (κ2) is 6.40. The fraction of sp³-hybridized carbons (Fsp3) is 0.611. The van der Waals surface area contributed by atoms with Crippen molar-refractivity contribution >= 4 is 18.4 Å². The molecule has 1 aliphatic carbocycles. The van der Waals surface area contributed by atoms with E-state index in [0.29, 0.717) is 5.92 Å². The van der Waals surface area contributed by atoms with Crippen LogP contribution in [0.2, 0.25) is 0 Å². The molecule has 0 radical (unpaired) electrons. The predicted molar refractivity (Wildman–Crippen MR) is 88.2 cm³/mol. The highest BCUT2D eigenvalue weighted by molar-refractivity contribution is 5.85. The molecule has 5 rings (SSSR count). The fourth-order valence-electron chi connectivity index (χ4n) is 4.20. The monoisotopic (exact) mass is 339 g/mol. The first-order valence-electron chi connectivity index (χ1n) is 8.37. The van der Waals surface area contributed by atoms with Crippen LogP contribution in [-0.4, -0.2) is 36.6 Å². The SMILES string of the molecule is Cl.O=C(OC1CN2CCC1CC2)C1(c2ccc(F)cc2)CCC1. The van der Waals surface area contributed by atoms with Gasteiger partial charge in [-0.05, 0) is 62.4 Å². The van der Waals surface area contributed by atoms with E-state index in [9.17, 15) is 9.18 Å². The number of fused-ring (bicyclic) bond motifs is 3. The van der Waals surface area contributed by atoms with E-state index in [1.165, 1.54) is 12.1 Å². The molecule has 23 heavy (non-hydrogen) atoms. The van der Waals surface area contributed by atoms with Gasteiger partial charge >= 0.3 is 5.97 Å². The van der Waals surface area contributed by atoms with Crippen molar-refractivity contribution in [2.24, 2.45) is 5.92 Å². The Balaban J connectivity index is 0.00000156. The maximum absolute atomic E-state index is 13.2.